The predicted molar refractivity (Wildman–Crippen MR) is 71.6 cm³/mol. The molecule has 17 heavy (non-hydrogen) atoms. The Bertz CT molecular complexity index is 351. The Kier molecular flexibility index (Phi) is 4.95. The molecule has 0 saturated heterocycles. The Morgan fingerprint density at radius 3 is 2.76 bits per heavy atom. The van der Waals surface area contributed by atoms with Crippen molar-refractivity contribution in [1.82, 2.24) is 10.3 Å². The first kappa shape index (κ1) is 13.0. The van der Waals surface area contributed by atoms with Crippen LogP contribution in [-0.4, -0.2) is 22.7 Å². The highest BCUT2D eigenvalue weighted by atomic mass is 79.9. The molecule has 0 atom stereocenters. The SMILES string of the molecule is OC1CCC(CNCc2cccc(Br)n2)CC1. The van der Waals surface area contributed by atoms with Crippen molar-refractivity contribution in [1.29, 1.82) is 0 Å². The topological polar surface area (TPSA) is 45.1 Å². The number of nitrogens with zero attached hydrogens (tertiary/aromatic N) is 1. The summed E-state index contributed by atoms with van der Waals surface area (Å²) in [5.41, 5.74) is 1.07. The van der Waals surface area contributed by atoms with E-state index in [1.54, 1.807) is 0 Å². The van der Waals surface area contributed by atoms with Gasteiger partial charge in [0.1, 0.15) is 4.60 Å². The van der Waals surface area contributed by atoms with Crippen LogP contribution in [0.2, 0.25) is 0 Å². The number of halogens is 1. The third-order valence-electron chi connectivity index (χ3n) is 3.33. The smallest absolute Gasteiger partial charge is 0.106 e. The molecule has 0 aliphatic heterocycles. The zero-order valence-electron chi connectivity index (χ0n) is 9.90. The monoisotopic (exact) mass is 298 g/mol. The Hall–Kier alpha value is -0.450. The Labute approximate surface area is 111 Å². The quantitative estimate of drug-likeness (QED) is 0.840. The summed E-state index contributed by atoms with van der Waals surface area (Å²) in [6.07, 6.45) is 4.14. The molecule has 2 rings (SSSR count). The average molecular weight is 299 g/mol. The molecule has 1 saturated carbocycles. The molecule has 4 heteroatoms. The number of pyridine rings is 1. The third kappa shape index (κ3) is 4.37. The van der Waals surface area contributed by atoms with Crippen molar-refractivity contribution in [2.45, 2.75) is 38.3 Å². The molecule has 0 radical (unpaired) electrons. The maximum absolute atomic E-state index is 9.43. The molecule has 0 bridgehead atoms. The maximum atomic E-state index is 9.43. The van der Waals surface area contributed by atoms with Gasteiger partial charge in [-0.25, -0.2) is 4.98 Å². The van der Waals surface area contributed by atoms with Crippen molar-refractivity contribution in [3.63, 3.8) is 0 Å². The summed E-state index contributed by atoms with van der Waals surface area (Å²) in [5.74, 6) is 0.713. The summed E-state index contributed by atoms with van der Waals surface area (Å²) in [4.78, 5) is 4.38. The Balaban J connectivity index is 1.69. The molecule has 1 aromatic rings. The van der Waals surface area contributed by atoms with Crippen LogP contribution in [0.1, 0.15) is 31.4 Å². The van der Waals surface area contributed by atoms with E-state index in [9.17, 15) is 5.11 Å². The van der Waals surface area contributed by atoms with Crippen molar-refractivity contribution in [3.8, 4) is 0 Å². The van der Waals surface area contributed by atoms with Crippen LogP contribution in [0.4, 0.5) is 0 Å². The molecule has 94 valence electrons. The zero-order chi connectivity index (χ0) is 12.1. The fourth-order valence-electron chi connectivity index (χ4n) is 2.30. The van der Waals surface area contributed by atoms with Crippen LogP contribution in [0.5, 0.6) is 0 Å². The van der Waals surface area contributed by atoms with Gasteiger partial charge in [0.2, 0.25) is 0 Å². The first-order chi connectivity index (χ1) is 8.24. The van der Waals surface area contributed by atoms with Crippen molar-refractivity contribution in [3.05, 3.63) is 28.5 Å². The minimum atomic E-state index is -0.0574. The second kappa shape index (κ2) is 6.47. The lowest BCUT2D eigenvalue weighted by Gasteiger charge is -2.25. The fraction of sp³-hybridized carbons (Fsp3) is 0.615. The van der Waals surface area contributed by atoms with E-state index in [4.69, 9.17) is 0 Å². The van der Waals surface area contributed by atoms with Crippen LogP contribution in [0, 0.1) is 5.92 Å². The van der Waals surface area contributed by atoms with Gasteiger partial charge in [-0.2, -0.15) is 0 Å². The van der Waals surface area contributed by atoms with Gasteiger partial charge in [0.25, 0.3) is 0 Å². The molecule has 0 unspecified atom stereocenters. The number of rotatable bonds is 4. The minimum absolute atomic E-state index is 0.0574. The van der Waals surface area contributed by atoms with Gasteiger partial charge in [0.15, 0.2) is 0 Å². The van der Waals surface area contributed by atoms with Crippen molar-refractivity contribution >= 4 is 15.9 Å². The summed E-state index contributed by atoms with van der Waals surface area (Å²) in [6.45, 7) is 1.85. The van der Waals surface area contributed by atoms with Gasteiger partial charge in [-0.15, -0.1) is 0 Å². The summed E-state index contributed by atoms with van der Waals surface area (Å²) >= 11 is 3.37. The zero-order valence-corrected chi connectivity index (χ0v) is 11.5. The van der Waals surface area contributed by atoms with Crippen molar-refractivity contribution in [2.75, 3.05) is 6.54 Å². The highest BCUT2D eigenvalue weighted by molar-refractivity contribution is 9.10. The van der Waals surface area contributed by atoms with Crippen LogP contribution in [-0.2, 0) is 6.54 Å². The second-order valence-corrected chi connectivity index (χ2v) is 5.57. The van der Waals surface area contributed by atoms with Crippen molar-refractivity contribution < 1.29 is 5.11 Å². The molecule has 0 aromatic carbocycles. The Morgan fingerprint density at radius 2 is 2.06 bits per heavy atom. The van der Waals surface area contributed by atoms with E-state index < -0.39 is 0 Å². The highest BCUT2D eigenvalue weighted by Crippen LogP contribution is 2.23. The number of aliphatic hydroxyl groups excluding tert-OH is 1. The van der Waals surface area contributed by atoms with Crippen LogP contribution >= 0.6 is 15.9 Å². The molecule has 0 spiro atoms. The van der Waals surface area contributed by atoms with E-state index in [1.807, 2.05) is 18.2 Å². The van der Waals surface area contributed by atoms with E-state index in [1.165, 1.54) is 0 Å². The summed E-state index contributed by atoms with van der Waals surface area (Å²) in [5, 5.41) is 12.9. The standard InChI is InChI=1S/C13H19BrN2O/c14-13-3-1-2-11(16-13)9-15-8-10-4-6-12(17)7-5-10/h1-3,10,12,15,17H,4-9H2. The normalized spacial score (nSPS) is 24.8. The van der Waals surface area contributed by atoms with Gasteiger partial charge in [0.05, 0.1) is 11.8 Å². The molecular formula is C13H19BrN2O. The molecule has 2 N–H and O–H groups in total. The lowest BCUT2D eigenvalue weighted by molar-refractivity contribution is 0.108. The van der Waals surface area contributed by atoms with Gasteiger partial charge in [-0.1, -0.05) is 6.07 Å². The summed E-state index contributed by atoms with van der Waals surface area (Å²) < 4.78 is 0.887. The fourth-order valence-corrected chi connectivity index (χ4v) is 2.68. The largest absolute Gasteiger partial charge is 0.393 e. The van der Waals surface area contributed by atoms with Gasteiger partial charge < -0.3 is 10.4 Å². The molecule has 1 aliphatic rings. The molecule has 0 amide bonds. The summed E-state index contributed by atoms with van der Waals surface area (Å²) in [6, 6.07) is 5.97. The molecule has 3 nitrogen and oxygen atoms in total. The highest BCUT2D eigenvalue weighted by Gasteiger charge is 2.18. The van der Waals surface area contributed by atoms with Gasteiger partial charge in [-0.05, 0) is 66.2 Å². The van der Waals surface area contributed by atoms with Gasteiger partial charge in [0, 0.05) is 6.54 Å². The lowest BCUT2D eigenvalue weighted by atomic mass is 9.87. The van der Waals surface area contributed by atoms with E-state index in [0.29, 0.717) is 5.92 Å². The van der Waals surface area contributed by atoms with E-state index in [0.717, 1.165) is 49.1 Å². The molecule has 1 aromatic heterocycles. The number of aromatic nitrogens is 1. The predicted octanol–water partition coefficient (Wildman–Crippen LogP) is 2.48. The van der Waals surface area contributed by atoms with Gasteiger partial charge in [-0.3, -0.25) is 0 Å². The molecule has 1 fully saturated rings. The van der Waals surface area contributed by atoms with Crippen LogP contribution in [0.3, 0.4) is 0 Å². The number of nitrogens with one attached hydrogen (secondary N) is 1. The number of aliphatic hydroxyl groups is 1. The number of hydrogen-bond acceptors (Lipinski definition) is 3. The first-order valence-electron chi connectivity index (χ1n) is 6.24. The van der Waals surface area contributed by atoms with E-state index in [2.05, 4.69) is 26.2 Å². The number of hydrogen-bond donors (Lipinski definition) is 2. The van der Waals surface area contributed by atoms with E-state index in [-0.39, 0.29) is 6.10 Å². The van der Waals surface area contributed by atoms with Crippen molar-refractivity contribution in [2.24, 2.45) is 5.92 Å². The average Bonchev–Trinajstić information content (AvgIpc) is 2.32. The molecular weight excluding hydrogens is 280 g/mol. The Morgan fingerprint density at radius 1 is 1.29 bits per heavy atom. The minimum Gasteiger partial charge on any atom is -0.393 e. The summed E-state index contributed by atoms with van der Waals surface area (Å²) in [7, 11) is 0. The third-order valence-corrected chi connectivity index (χ3v) is 3.77. The van der Waals surface area contributed by atoms with E-state index >= 15 is 0 Å². The van der Waals surface area contributed by atoms with Crippen LogP contribution < -0.4 is 5.32 Å². The van der Waals surface area contributed by atoms with Crippen LogP contribution in [0.15, 0.2) is 22.8 Å². The van der Waals surface area contributed by atoms with Gasteiger partial charge >= 0.3 is 0 Å². The lowest BCUT2D eigenvalue weighted by Crippen LogP contribution is -2.27. The second-order valence-electron chi connectivity index (χ2n) is 4.76. The maximum Gasteiger partial charge on any atom is 0.106 e. The molecule has 1 aliphatic carbocycles. The van der Waals surface area contributed by atoms with Crippen LogP contribution in [0.25, 0.3) is 0 Å². The first-order valence-corrected chi connectivity index (χ1v) is 7.03. The molecule has 1 heterocycles.